The average Bonchev–Trinajstić information content (AvgIpc) is 3.18. The number of amides is 2. The number of carbonyl (C=O) groups excluding carboxylic acids is 1. The largest absolute Gasteiger partial charge is 0.356 e. The lowest BCUT2D eigenvalue weighted by Gasteiger charge is -2.40. The Kier molecular flexibility index (Phi) is 3.60. The highest BCUT2D eigenvalue weighted by Gasteiger charge is 2.48. The zero-order valence-corrected chi connectivity index (χ0v) is 14.5. The van der Waals surface area contributed by atoms with Crippen molar-refractivity contribution in [2.75, 3.05) is 19.6 Å². The third kappa shape index (κ3) is 2.34. The summed E-state index contributed by atoms with van der Waals surface area (Å²) < 4.78 is 1.03. The molecule has 7 heteroatoms. The summed E-state index contributed by atoms with van der Waals surface area (Å²) in [7, 11) is 0. The third-order valence-electron chi connectivity index (χ3n) is 4.38. The highest BCUT2D eigenvalue weighted by atomic mass is 79.9. The first-order chi connectivity index (χ1) is 11.2. The van der Waals surface area contributed by atoms with Crippen LogP contribution in [0.1, 0.15) is 18.9 Å². The molecule has 0 bridgehead atoms. The van der Waals surface area contributed by atoms with Crippen molar-refractivity contribution in [3.63, 3.8) is 0 Å². The normalized spacial score (nSPS) is 25.7. The lowest BCUT2D eigenvalue weighted by atomic mass is 10.1. The Morgan fingerprint density at radius 3 is 2.87 bits per heavy atom. The van der Waals surface area contributed by atoms with Gasteiger partial charge in [-0.1, -0.05) is 35.0 Å². The van der Waals surface area contributed by atoms with Crippen molar-refractivity contribution in [2.24, 2.45) is 9.98 Å². The van der Waals surface area contributed by atoms with E-state index >= 15 is 0 Å². The maximum absolute atomic E-state index is 12.7. The fourth-order valence-corrected chi connectivity index (χ4v) is 3.60. The van der Waals surface area contributed by atoms with Gasteiger partial charge in [0, 0.05) is 23.1 Å². The minimum absolute atomic E-state index is 0.0342. The van der Waals surface area contributed by atoms with Crippen LogP contribution in [0.2, 0.25) is 0 Å². The second-order valence-electron chi connectivity index (χ2n) is 5.89. The van der Waals surface area contributed by atoms with Gasteiger partial charge in [-0.15, -0.1) is 0 Å². The van der Waals surface area contributed by atoms with Crippen molar-refractivity contribution in [1.29, 1.82) is 0 Å². The number of halogens is 1. The molecule has 120 valence electrons. The van der Waals surface area contributed by atoms with Gasteiger partial charge in [-0.3, -0.25) is 14.8 Å². The molecular formula is C16H18BrN5O. The Morgan fingerprint density at radius 2 is 2.13 bits per heavy atom. The number of benzene rings is 1. The predicted molar refractivity (Wildman–Crippen MR) is 92.8 cm³/mol. The van der Waals surface area contributed by atoms with Crippen LogP contribution in [0.3, 0.4) is 0 Å². The van der Waals surface area contributed by atoms with Crippen molar-refractivity contribution in [3.8, 4) is 0 Å². The molecule has 2 unspecified atom stereocenters. The summed E-state index contributed by atoms with van der Waals surface area (Å²) in [6.07, 6.45) is 0.715. The quantitative estimate of drug-likeness (QED) is 0.878. The van der Waals surface area contributed by atoms with E-state index in [0.717, 1.165) is 28.1 Å². The molecule has 3 aliphatic heterocycles. The average molecular weight is 376 g/mol. The Bertz CT molecular complexity index is 699. The first kappa shape index (κ1) is 14.7. The second kappa shape index (κ2) is 5.63. The van der Waals surface area contributed by atoms with Crippen LogP contribution in [0, 0.1) is 0 Å². The smallest absolute Gasteiger partial charge is 0.327 e. The van der Waals surface area contributed by atoms with Gasteiger partial charge in [-0.25, -0.2) is 9.79 Å². The third-order valence-corrected chi connectivity index (χ3v) is 4.91. The van der Waals surface area contributed by atoms with Gasteiger partial charge in [-0.2, -0.15) is 0 Å². The maximum Gasteiger partial charge on any atom is 0.327 e. The highest BCUT2D eigenvalue weighted by molar-refractivity contribution is 9.10. The molecule has 0 spiro atoms. The number of rotatable bonds is 3. The van der Waals surface area contributed by atoms with E-state index in [1.807, 2.05) is 29.2 Å². The highest BCUT2D eigenvalue weighted by Crippen LogP contribution is 2.27. The molecule has 1 aromatic carbocycles. The molecule has 2 atom stereocenters. The van der Waals surface area contributed by atoms with E-state index in [4.69, 9.17) is 4.99 Å². The van der Waals surface area contributed by atoms with Gasteiger partial charge in [0.1, 0.15) is 17.7 Å². The fourth-order valence-electron chi connectivity index (χ4n) is 3.34. The Balaban J connectivity index is 1.70. The van der Waals surface area contributed by atoms with E-state index in [-0.39, 0.29) is 18.2 Å². The number of hydrogen-bond acceptors (Lipinski definition) is 4. The summed E-state index contributed by atoms with van der Waals surface area (Å²) in [4.78, 5) is 25.7. The van der Waals surface area contributed by atoms with Crippen molar-refractivity contribution in [2.45, 2.75) is 25.6 Å². The molecule has 1 aromatic rings. The first-order valence-corrected chi connectivity index (χ1v) is 8.71. The van der Waals surface area contributed by atoms with Gasteiger partial charge >= 0.3 is 6.03 Å². The van der Waals surface area contributed by atoms with E-state index in [1.54, 1.807) is 4.90 Å². The molecule has 3 aliphatic rings. The van der Waals surface area contributed by atoms with Gasteiger partial charge in [-0.05, 0) is 18.6 Å². The number of nitrogens with zero attached hydrogens (tertiary/aromatic N) is 4. The van der Waals surface area contributed by atoms with E-state index < -0.39 is 0 Å². The number of fused-ring (bicyclic) bond motifs is 3. The van der Waals surface area contributed by atoms with E-state index in [0.29, 0.717) is 19.6 Å². The molecule has 6 nitrogen and oxygen atoms in total. The number of amidine groups is 2. The minimum Gasteiger partial charge on any atom is -0.356 e. The van der Waals surface area contributed by atoms with E-state index in [2.05, 4.69) is 33.2 Å². The molecule has 3 heterocycles. The number of nitrogens with one attached hydrogen (secondary N) is 1. The molecule has 1 N–H and O–H groups in total. The molecule has 4 rings (SSSR count). The summed E-state index contributed by atoms with van der Waals surface area (Å²) in [5.41, 5.74) is 1.02. The summed E-state index contributed by atoms with van der Waals surface area (Å²) in [5, 5.41) is 3.48. The lowest BCUT2D eigenvalue weighted by molar-refractivity contribution is 0.140. The monoisotopic (exact) mass is 375 g/mol. The zero-order valence-electron chi connectivity index (χ0n) is 12.9. The van der Waals surface area contributed by atoms with Gasteiger partial charge in [0.05, 0.1) is 6.54 Å². The summed E-state index contributed by atoms with van der Waals surface area (Å²) in [6.45, 7) is 4.15. The van der Waals surface area contributed by atoms with Crippen LogP contribution in [0.25, 0.3) is 0 Å². The molecule has 1 fully saturated rings. The van der Waals surface area contributed by atoms with Crippen molar-refractivity contribution in [1.82, 2.24) is 15.1 Å². The standard InChI is InChI=1S/C16H18BrN5O/c1-2-8-21-15-12(14-18-7-9-22(14)16(21)23)19-13(20-15)10-3-5-11(17)6-4-10/h3-6,12,15H,2,7-9H2,1H3,(H,19,20). The van der Waals surface area contributed by atoms with Gasteiger partial charge < -0.3 is 5.32 Å². The molecule has 1 saturated heterocycles. The van der Waals surface area contributed by atoms with Crippen LogP contribution < -0.4 is 5.32 Å². The number of hydrogen-bond donors (Lipinski definition) is 1. The first-order valence-electron chi connectivity index (χ1n) is 7.92. The molecule has 0 aromatic heterocycles. The van der Waals surface area contributed by atoms with Crippen molar-refractivity contribution < 1.29 is 4.79 Å². The number of carbonyl (C=O) groups is 1. The molecule has 0 radical (unpaired) electrons. The molecular weight excluding hydrogens is 358 g/mol. The topological polar surface area (TPSA) is 60.3 Å². The van der Waals surface area contributed by atoms with Crippen LogP contribution in [-0.4, -0.2) is 59.3 Å². The van der Waals surface area contributed by atoms with Crippen LogP contribution in [-0.2, 0) is 0 Å². The Hall–Kier alpha value is -1.89. The van der Waals surface area contributed by atoms with Crippen LogP contribution in [0.5, 0.6) is 0 Å². The second-order valence-corrected chi connectivity index (χ2v) is 6.80. The Labute approximate surface area is 143 Å². The maximum atomic E-state index is 12.7. The van der Waals surface area contributed by atoms with E-state index in [1.165, 1.54) is 0 Å². The van der Waals surface area contributed by atoms with Crippen LogP contribution >= 0.6 is 15.9 Å². The van der Waals surface area contributed by atoms with Gasteiger partial charge in [0.25, 0.3) is 0 Å². The fraction of sp³-hybridized carbons (Fsp3) is 0.438. The Morgan fingerprint density at radius 1 is 1.35 bits per heavy atom. The van der Waals surface area contributed by atoms with Crippen molar-refractivity contribution in [3.05, 3.63) is 34.3 Å². The van der Waals surface area contributed by atoms with Crippen LogP contribution in [0.4, 0.5) is 4.79 Å². The van der Waals surface area contributed by atoms with Gasteiger partial charge in [0.15, 0.2) is 6.17 Å². The van der Waals surface area contributed by atoms with Crippen LogP contribution in [0.15, 0.2) is 38.7 Å². The SMILES string of the molecule is CCCN1C(=O)N2CCN=C2C2NC(c3ccc(Br)cc3)=NC21. The minimum atomic E-state index is -0.200. The zero-order chi connectivity index (χ0) is 16.0. The number of aliphatic imine (C=N–C) groups is 2. The lowest BCUT2D eigenvalue weighted by Crippen LogP contribution is -2.64. The summed E-state index contributed by atoms with van der Waals surface area (Å²) in [5.74, 6) is 1.67. The molecule has 0 saturated carbocycles. The van der Waals surface area contributed by atoms with Gasteiger partial charge in [0.2, 0.25) is 0 Å². The van der Waals surface area contributed by atoms with Crippen molar-refractivity contribution >= 4 is 33.6 Å². The molecule has 2 amide bonds. The summed E-state index contributed by atoms with van der Waals surface area (Å²) in [6, 6.07) is 8.03. The molecule has 23 heavy (non-hydrogen) atoms. The number of urea groups is 1. The van der Waals surface area contributed by atoms with E-state index in [9.17, 15) is 4.79 Å². The molecule has 0 aliphatic carbocycles. The summed E-state index contributed by atoms with van der Waals surface area (Å²) >= 11 is 3.45. The predicted octanol–water partition coefficient (Wildman–Crippen LogP) is 2.05.